The Labute approximate surface area is 123 Å². The fourth-order valence-corrected chi connectivity index (χ4v) is 2.17. The summed E-state index contributed by atoms with van der Waals surface area (Å²) in [7, 11) is 0. The number of carbonyl (C=O) groups is 1. The van der Waals surface area contributed by atoms with Crippen LogP contribution < -0.4 is 10.2 Å². The van der Waals surface area contributed by atoms with Crippen molar-refractivity contribution in [2.24, 2.45) is 5.10 Å². The van der Waals surface area contributed by atoms with Crippen LogP contribution in [0, 0.1) is 0 Å². The Morgan fingerprint density at radius 3 is 2.78 bits per heavy atom. The maximum absolute atomic E-state index is 11.4. The third-order valence-electron chi connectivity index (χ3n) is 2.14. The number of halogens is 2. The molecule has 0 aliphatic heterocycles. The lowest BCUT2D eigenvalue weighted by atomic mass is 10.3. The van der Waals surface area contributed by atoms with Crippen molar-refractivity contribution < 1.29 is 9.53 Å². The van der Waals surface area contributed by atoms with E-state index in [4.69, 9.17) is 4.74 Å². The molecule has 0 saturated carbocycles. The molecule has 6 heteroatoms. The molecule has 0 radical (unpaired) electrons. The molecule has 0 bridgehead atoms. The normalized spacial score (nSPS) is 11.2. The second-order valence-electron chi connectivity index (χ2n) is 3.60. The third kappa shape index (κ3) is 5.18. The minimum Gasteiger partial charge on any atom is -0.483 e. The van der Waals surface area contributed by atoms with Crippen LogP contribution in [-0.2, 0) is 4.79 Å². The molecule has 18 heavy (non-hydrogen) atoms. The molecule has 0 aliphatic rings. The average molecular weight is 378 g/mol. The Morgan fingerprint density at radius 1 is 1.44 bits per heavy atom. The number of ether oxygens (including phenoxy) is 1. The molecule has 1 aromatic carbocycles. The quantitative estimate of drug-likeness (QED) is 0.630. The van der Waals surface area contributed by atoms with Crippen molar-refractivity contribution >= 4 is 43.5 Å². The molecule has 1 amide bonds. The number of amides is 1. The zero-order valence-corrected chi connectivity index (χ0v) is 13.3. The van der Waals surface area contributed by atoms with Crippen LogP contribution in [-0.4, -0.2) is 18.2 Å². The monoisotopic (exact) mass is 376 g/mol. The summed E-state index contributed by atoms with van der Waals surface area (Å²) < 4.78 is 7.10. The van der Waals surface area contributed by atoms with Crippen molar-refractivity contribution in [3.05, 3.63) is 27.1 Å². The summed E-state index contributed by atoms with van der Waals surface area (Å²) in [5.41, 5.74) is 3.30. The van der Waals surface area contributed by atoms with E-state index in [0.717, 1.165) is 21.1 Å². The fourth-order valence-electron chi connectivity index (χ4n) is 1.00. The molecule has 0 spiro atoms. The Morgan fingerprint density at radius 2 is 2.17 bits per heavy atom. The van der Waals surface area contributed by atoms with Crippen molar-refractivity contribution in [3.63, 3.8) is 0 Å². The maximum atomic E-state index is 11.4. The lowest BCUT2D eigenvalue weighted by molar-refractivity contribution is -0.123. The van der Waals surface area contributed by atoms with E-state index in [0.29, 0.717) is 5.75 Å². The van der Waals surface area contributed by atoms with Crippen molar-refractivity contribution in [1.82, 2.24) is 5.43 Å². The summed E-state index contributed by atoms with van der Waals surface area (Å²) in [5.74, 6) is 0.335. The van der Waals surface area contributed by atoms with E-state index in [2.05, 4.69) is 42.4 Å². The second-order valence-corrected chi connectivity index (χ2v) is 5.37. The van der Waals surface area contributed by atoms with Gasteiger partial charge in [0.25, 0.3) is 5.91 Å². The largest absolute Gasteiger partial charge is 0.483 e. The van der Waals surface area contributed by atoms with E-state index in [-0.39, 0.29) is 12.5 Å². The molecule has 0 atom stereocenters. The zero-order chi connectivity index (χ0) is 13.5. The first kappa shape index (κ1) is 15.2. The maximum Gasteiger partial charge on any atom is 0.277 e. The molecule has 1 N–H and O–H groups in total. The van der Waals surface area contributed by atoms with E-state index in [1.807, 2.05) is 26.0 Å². The van der Waals surface area contributed by atoms with Gasteiger partial charge in [0.15, 0.2) is 6.61 Å². The number of hydrogen-bond acceptors (Lipinski definition) is 3. The highest BCUT2D eigenvalue weighted by molar-refractivity contribution is 9.11. The summed E-state index contributed by atoms with van der Waals surface area (Å²) in [6.45, 7) is 3.76. The van der Waals surface area contributed by atoms with Gasteiger partial charge in [0, 0.05) is 10.2 Å². The Balaban J connectivity index is 2.47. The average Bonchev–Trinajstić information content (AvgIpc) is 2.34. The molecule has 0 unspecified atom stereocenters. The third-order valence-corrected chi connectivity index (χ3v) is 3.25. The smallest absolute Gasteiger partial charge is 0.277 e. The van der Waals surface area contributed by atoms with E-state index in [1.54, 1.807) is 6.07 Å². The summed E-state index contributed by atoms with van der Waals surface area (Å²) in [5, 5.41) is 3.91. The van der Waals surface area contributed by atoms with Gasteiger partial charge in [-0.15, -0.1) is 0 Å². The minimum absolute atomic E-state index is 0.0687. The Kier molecular flexibility index (Phi) is 6.35. The van der Waals surface area contributed by atoms with Crippen LogP contribution in [0.5, 0.6) is 5.75 Å². The first-order valence-electron chi connectivity index (χ1n) is 5.42. The topological polar surface area (TPSA) is 50.7 Å². The fraction of sp³-hybridized carbons (Fsp3) is 0.333. The van der Waals surface area contributed by atoms with Crippen LogP contribution in [0.15, 0.2) is 32.2 Å². The molecule has 0 aromatic heterocycles. The van der Waals surface area contributed by atoms with Gasteiger partial charge in [0.1, 0.15) is 5.75 Å². The lowest BCUT2D eigenvalue weighted by Gasteiger charge is -2.07. The molecule has 1 aromatic rings. The highest BCUT2D eigenvalue weighted by Gasteiger charge is 2.05. The minimum atomic E-state index is -0.280. The number of hydrogen-bond donors (Lipinski definition) is 1. The predicted octanol–water partition coefficient (Wildman–Crippen LogP) is 3.49. The van der Waals surface area contributed by atoms with E-state index in [1.165, 1.54) is 0 Å². The second kappa shape index (κ2) is 7.53. The van der Waals surface area contributed by atoms with Gasteiger partial charge in [-0.1, -0.05) is 22.9 Å². The van der Waals surface area contributed by atoms with Crippen molar-refractivity contribution in [2.45, 2.75) is 20.3 Å². The van der Waals surface area contributed by atoms with Crippen LogP contribution >= 0.6 is 31.9 Å². The summed E-state index contributed by atoms with van der Waals surface area (Å²) in [4.78, 5) is 11.4. The van der Waals surface area contributed by atoms with Gasteiger partial charge in [-0.25, -0.2) is 5.43 Å². The van der Waals surface area contributed by atoms with E-state index < -0.39 is 0 Å². The van der Waals surface area contributed by atoms with Gasteiger partial charge in [-0.3, -0.25) is 4.79 Å². The SMILES string of the molecule is CCC(C)=NNC(=O)COc1ccc(Br)cc1Br. The summed E-state index contributed by atoms with van der Waals surface area (Å²) in [6, 6.07) is 5.48. The molecule has 98 valence electrons. The van der Waals surface area contributed by atoms with E-state index in [9.17, 15) is 4.79 Å². The zero-order valence-electron chi connectivity index (χ0n) is 10.2. The van der Waals surface area contributed by atoms with Crippen LogP contribution in [0.2, 0.25) is 0 Å². The molecular weight excluding hydrogens is 364 g/mol. The van der Waals surface area contributed by atoms with Gasteiger partial charge in [0.2, 0.25) is 0 Å². The van der Waals surface area contributed by atoms with E-state index >= 15 is 0 Å². The number of carbonyl (C=O) groups excluding carboxylic acids is 1. The summed E-state index contributed by atoms with van der Waals surface area (Å²) >= 11 is 6.70. The van der Waals surface area contributed by atoms with Crippen molar-refractivity contribution in [1.29, 1.82) is 0 Å². The number of nitrogens with zero attached hydrogens (tertiary/aromatic N) is 1. The van der Waals surface area contributed by atoms with Gasteiger partial charge in [-0.05, 0) is 47.5 Å². The van der Waals surface area contributed by atoms with Crippen molar-refractivity contribution in [2.75, 3.05) is 6.61 Å². The molecular formula is C12H14Br2N2O2. The molecule has 4 nitrogen and oxygen atoms in total. The van der Waals surface area contributed by atoms with Gasteiger partial charge >= 0.3 is 0 Å². The molecule has 1 rings (SSSR count). The van der Waals surface area contributed by atoms with Crippen molar-refractivity contribution in [3.8, 4) is 5.75 Å². The molecule has 0 heterocycles. The summed E-state index contributed by atoms with van der Waals surface area (Å²) in [6.07, 6.45) is 0.805. The highest BCUT2D eigenvalue weighted by Crippen LogP contribution is 2.27. The Bertz CT molecular complexity index is 461. The molecule has 0 aliphatic carbocycles. The van der Waals surface area contributed by atoms with Crippen LogP contribution in [0.1, 0.15) is 20.3 Å². The predicted molar refractivity (Wildman–Crippen MR) is 78.9 cm³/mol. The first-order valence-corrected chi connectivity index (χ1v) is 7.01. The number of benzene rings is 1. The van der Waals surface area contributed by atoms with Gasteiger partial charge in [0.05, 0.1) is 4.47 Å². The first-order chi connectivity index (χ1) is 8.52. The van der Waals surface area contributed by atoms with Gasteiger partial charge < -0.3 is 4.74 Å². The molecule has 0 saturated heterocycles. The number of rotatable bonds is 5. The highest BCUT2D eigenvalue weighted by atomic mass is 79.9. The number of hydrazone groups is 1. The standard InChI is InChI=1S/C12H14Br2N2O2/c1-3-8(2)15-16-12(17)7-18-11-5-4-9(13)6-10(11)14/h4-6H,3,7H2,1-2H3,(H,16,17). The number of nitrogens with one attached hydrogen (secondary N) is 1. The van der Waals surface area contributed by atoms with Crippen LogP contribution in [0.3, 0.4) is 0 Å². The van der Waals surface area contributed by atoms with Crippen LogP contribution in [0.4, 0.5) is 0 Å². The molecule has 0 fully saturated rings. The van der Waals surface area contributed by atoms with Gasteiger partial charge in [-0.2, -0.15) is 5.10 Å². The lowest BCUT2D eigenvalue weighted by Crippen LogP contribution is -2.25. The van der Waals surface area contributed by atoms with Crippen LogP contribution in [0.25, 0.3) is 0 Å². The Hall–Kier alpha value is -0.880.